The van der Waals surface area contributed by atoms with Crippen molar-refractivity contribution in [3.05, 3.63) is 12.2 Å². The summed E-state index contributed by atoms with van der Waals surface area (Å²) in [4.78, 5) is 0. The maximum Gasteiger partial charge on any atom is 0.0897 e. The van der Waals surface area contributed by atoms with Gasteiger partial charge in [0, 0.05) is 6.54 Å². The molecule has 0 aliphatic heterocycles. The molecule has 0 spiro atoms. The van der Waals surface area contributed by atoms with Crippen molar-refractivity contribution in [1.82, 2.24) is 5.32 Å². The Morgan fingerprint density at radius 3 is 2.86 bits per heavy atom. The largest absolute Gasteiger partial charge is 0.389 e. The van der Waals surface area contributed by atoms with E-state index < -0.39 is 0 Å². The van der Waals surface area contributed by atoms with Crippen LogP contribution in [0.15, 0.2) is 12.2 Å². The van der Waals surface area contributed by atoms with Crippen LogP contribution >= 0.6 is 11.8 Å². The highest BCUT2D eigenvalue weighted by atomic mass is 32.2. The molecule has 0 amide bonds. The van der Waals surface area contributed by atoms with E-state index in [4.69, 9.17) is 4.74 Å². The van der Waals surface area contributed by atoms with E-state index in [0.29, 0.717) is 25.0 Å². The number of hydrogen-bond donors (Lipinski definition) is 2. The molecule has 2 N–H and O–H groups in total. The maximum absolute atomic E-state index is 9.88. The predicted molar refractivity (Wildman–Crippen MR) is 93.0 cm³/mol. The van der Waals surface area contributed by atoms with Crippen LogP contribution in [0.2, 0.25) is 0 Å². The highest BCUT2D eigenvalue weighted by Crippen LogP contribution is 2.24. The van der Waals surface area contributed by atoms with Gasteiger partial charge >= 0.3 is 0 Å². The summed E-state index contributed by atoms with van der Waals surface area (Å²) >= 11 is 1.91. The molecule has 0 bridgehead atoms. The third-order valence-electron chi connectivity index (χ3n) is 4.14. The van der Waals surface area contributed by atoms with Crippen molar-refractivity contribution in [2.24, 2.45) is 11.8 Å². The summed E-state index contributed by atoms with van der Waals surface area (Å²) in [5, 5.41) is 13.2. The zero-order valence-electron chi connectivity index (χ0n) is 13.7. The Balaban J connectivity index is 1.91. The Morgan fingerprint density at radius 1 is 1.29 bits per heavy atom. The van der Waals surface area contributed by atoms with Crippen molar-refractivity contribution >= 4 is 11.8 Å². The zero-order valence-corrected chi connectivity index (χ0v) is 14.5. The first-order valence-corrected chi connectivity index (χ1v) is 9.74. The monoisotopic (exact) mass is 315 g/mol. The van der Waals surface area contributed by atoms with E-state index in [9.17, 15) is 5.11 Å². The third-order valence-corrected chi connectivity index (χ3v) is 4.84. The fraction of sp³-hybridized carbons (Fsp3) is 0.882. The van der Waals surface area contributed by atoms with Gasteiger partial charge < -0.3 is 15.2 Å². The van der Waals surface area contributed by atoms with E-state index in [1.165, 1.54) is 25.0 Å². The minimum absolute atomic E-state index is 0.384. The Hall–Kier alpha value is -0.0300. The summed E-state index contributed by atoms with van der Waals surface area (Å²) in [6, 6.07) is 0. The number of unbranched alkanes of at least 4 members (excludes halogenated alkanes) is 2. The lowest BCUT2D eigenvalue weighted by Gasteiger charge is -2.25. The normalized spacial score (nSPS) is 23.4. The molecule has 1 aliphatic carbocycles. The van der Waals surface area contributed by atoms with Crippen molar-refractivity contribution in [3.63, 3.8) is 0 Å². The smallest absolute Gasteiger partial charge is 0.0897 e. The molecule has 4 heteroatoms. The van der Waals surface area contributed by atoms with Crippen molar-refractivity contribution < 1.29 is 9.84 Å². The summed E-state index contributed by atoms with van der Waals surface area (Å²) in [6.45, 7) is 5.15. The van der Waals surface area contributed by atoms with Crippen LogP contribution in [0, 0.1) is 11.8 Å². The first kappa shape index (κ1) is 19.0. The van der Waals surface area contributed by atoms with Gasteiger partial charge in [-0.25, -0.2) is 0 Å². The molecule has 1 rings (SSSR count). The predicted octanol–water partition coefficient (Wildman–Crippen LogP) is 3.09. The van der Waals surface area contributed by atoms with Crippen LogP contribution in [0.5, 0.6) is 0 Å². The summed E-state index contributed by atoms with van der Waals surface area (Å²) < 4.78 is 5.69. The molecular formula is C17H33NO2S. The van der Waals surface area contributed by atoms with Gasteiger partial charge in [-0.15, -0.1) is 0 Å². The van der Waals surface area contributed by atoms with Crippen molar-refractivity contribution in [1.29, 1.82) is 0 Å². The lowest BCUT2D eigenvalue weighted by atomic mass is 9.85. The quantitative estimate of drug-likeness (QED) is 0.429. The number of aliphatic hydroxyl groups is 1. The average molecular weight is 316 g/mol. The van der Waals surface area contributed by atoms with Crippen LogP contribution in [0.4, 0.5) is 0 Å². The molecule has 3 nitrogen and oxygen atoms in total. The molecule has 0 saturated heterocycles. The highest BCUT2D eigenvalue weighted by Gasteiger charge is 2.18. The molecule has 1 aliphatic rings. The summed E-state index contributed by atoms with van der Waals surface area (Å²) in [5.41, 5.74) is 0. The first-order valence-electron chi connectivity index (χ1n) is 8.34. The van der Waals surface area contributed by atoms with E-state index in [2.05, 4.69) is 30.6 Å². The molecule has 0 aromatic heterocycles. The zero-order chi connectivity index (χ0) is 15.3. The number of thioether (sulfide) groups is 1. The second-order valence-electron chi connectivity index (χ2n) is 6.13. The van der Waals surface area contributed by atoms with Crippen molar-refractivity contribution in [3.8, 4) is 0 Å². The first-order chi connectivity index (χ1) is 10.2. The van der Waals surface area contributed by atoms with Crippen molar-refractivity contribution in [2.45, 2.75) is 45.1 Å². The topological polar surface area (TPSA) is 41.5 Å². The molecule has 0 aromatic carbocycles. The number of ether oxygens (including phenoxy) is 1. The van der Waals surface area contributed by atoms with E-state index in [-0.39, 0.29) is 6.10 Å². The van der Waals surface area contributed by atoms with Crippen LogP contribution in [0.25, 0.3) is 0 Å². The number of aliphatic hydroxyl groups excluding tert-OH is 1. The Morgan fingerprint density at radius 2 is 2.10 bits per heavy atom. The van der Waals surface area contributed by atoms with E-state index in [0.717, 1.165) is 26.0 Å². The second-order valence-corrected chi connectivity index (χ2v) is 7.11. The third kappa shape index (κ3) is 9.56. The summed E-state index contributed by atoms with van der Waals surface area (Å²) in [5.74, 6) is 2.57. The summed E-state index contributed by atoms with van der Waals surface area (Å²) in [7, 11) is 0. The standard InChI is InChI=1S/C17H33NO2S/c1-15-8-4-5-9-16(15)13-20-14-17(19)12-18-10-6-3-7-11-21-2/h4-5,15-19H,3,6-14H2,1-2H3. The van der Waals surface area contributed by atoms with Gasteiger partial charge in [0.25, 0.3) is 0 Å². The molecule has 3 unspecified atom stereocenters. The van der Waals surface area contributed by atoms with Gasteiger partial charge in [0.05, 0.1) is 19.3 Å². The Kier molecular flexibility index (Phi) is 11.3. The van der Waals surface area contributed by atoms with Gasteiger partial charge in [0.2, 0.25) is 0 Å². The lowest BCUT2D eigenvalue weighted by molar-refractivity contribution is 0.0129. The number of nitrogens with one attached hydrogen (secondary N) is 1. The highest BCUT2D eigenvalue weighted by molar-refractivity contribution is 7.98. The SMILES string of the molecule is CSCCCCCNCC(O)COCC1CC=CCC1C. The van der Waals surface area contributed by atoms with E-state index in [1.807, 2.05) is 11.8 Å². The van der Waals surface area contributed by atoms with Crippen LogP contribution in [0.3, 0.4) is 0 Å². The molecule has 3 atom stereocenters. The Bertz CT molecular complexity index is 274. The van der Waals surface area contributed by atoms with Gasteiger partial charge in [0.15, 0.2) is 0 Å². The van der Waals surface area contributed by atoms with Crippen LogP contribution in [0.1, 0.15) is 39.0 Å². The average Bonchev–Trinajstić information content (AvgIpc) is 2.48. The lowest BCUT2D eigenvalue weighted by Crippen LogP contribution is -2.32. The molecule has 0 fully saturated rings. The van der Waals surface area contributed by atoms with Gasteiger partial charge in [0.1, 0.15) is 0 Å². The maximum atomic E-state index is 9.88. The second kappa shape index (κ2) is 12.5. The van der Waals surface area contributed by atoms with E-state index in [1.54, 1.807) is 0 Å². The van der Waals surface area contributed by atoms with Gasteiger partial charge in [-0.2, -0.15) is 11.8 Å². The fourth-order valence-corrected chi connectivity index (χ4v) is 3.09. The fourth-order valence-electron chi connectivity index (χ4n) is 2.60. The minimum Gasteiger partial charge on any atom is -0.389 e. The van der Waals surface area contributed by atoms with Gasteiger partial charge in [-0.3, -0.25) is 0 Å². The van der Waals surface area contributed by atoms with Crippen LogP contribution < -0.4 is 5.32 Å². The Labute approximate surface area is 134 Å². The minimum atomic E-state index is -0.384. The van der Waals surface area contributed by atoms with Crippen molar-refractivity contribution in [2.75, 3.05) is 38.3 Å². The van der Waals surface area contributed by atoms with Gasteiger partial charge in [-0.05, 0) is 56.1 Å². The molecule has 0 saturated carbocycles. The van der Waals surface area contributed by atoms with Gasteiger partial charge in [-0.1, -0.05) is 25.5 Å². The molecule has 21 heavy (non-hydrogen) atoms. The molecule has 0 aromatic rings. The van der Waals surface area contributed by atoms with Crippen LogP contribution in [-0.2, 0) is 4.74 Å². The molecule has 124 valence electrons. The van der Waals surface area contributed by atoms with Crippen LogP contribution in [-0.4, -0.2) is 49.5 Å². The summed E-state index contributed by atoms with van der Waals surface area (Å²) in [6.07, 6.45) is 12.3. The molecular weight excluding hydrogens is 282 g/mol. The number of allylic oxidation sites excluding steroid dienone is 2. The number of hydrogen-bond acceptors (Lipinski definition) is 4. The number of rotatable bonds is 12. The molecule has 0 radical (unpaired) electrons. The van der Waals surface area contributed by atoms with E-state index >= 15 is 0 Å². The molecule has 0 heterocycles.